The lowest BCUT2D eigenvalue weighted by molar-refractivity contribution is -0.162. The molecular formula is C16H28O3. The van der Waals surface area contributed by atoms with Crippen LogP contribution in [0.5, 0.6) is 0 Å². The molecule has 1 rings (SSSR count). The summed E-state index contributed by atoms with van der Waals surface area (Å²) in [4.78, 5) is 10.1. The van der Waals surface area contributed by atoms with E-state index >= 15 is 0 Å². The molecule has 0 radical (unpaired) electrons. The predicted molar refractivity (Wildman–Crippen MR) is 77.1 cm³/mol. The number of hydrogen-bond acceptors (Lipinski definition) is 3. The van der Waals surface area contributed by atoms with Crippen LogP contribution in [-0.4, -0.2) is 25.8 Å². The van der Waals surface area contributed by atoms with Crippen LogP contribution in [0.2, 0.25) is 0 Å². The van der Waals surface area contributed by atoms with Crippen molar-refractivity contribution in [3.63, 3.8) is 0 Å². The van der Waals surface area contributed by atoms with Crippen LogP contribution in [0.15, 0.2) is 12.2 Å². The summed E-state index contributed by atoms with van der Waals surface area (Å²) in [5.74, 6) is 0. The third kappa shape index (κ3) is 9.85. The maximum absolute atomic E-state index is 10.1. The second-order valence-corrected chi connectivity index (χ2v) is 5.09. The van der Waals surface area contributed by atoms with Crippen molar-refractivity contribution in [1.82, 2.24) is 0 Å². The molecule has 0 N–H and O–H groups in total. The van der Waals surface area contributed by atoms with E-state index in [2.05, 4.69) is 12.2 Å². The lowest BCUT2D eigenvalue weighted by Crippen LogP contribution is -2.22. The fraction of sp³-hybridized carbons (Fsp3) is 0.812. The molecule has 1 atom stereocenters. The molecule has 1 fully saturated rings. The first-order chi connectivity index (χ1) is 9.43. The minimum absolute atomic E-state index is 0.0615. The maximum atomic E-state index is 10.1. The molecule has 0 saturated carbocycles. The summed E-state index contributed by atoms with van der Waals surface area (Å²) in [5.41, 5.74) is 0. The summed E-state index contributed by atoms with van der Waals surface area (Å²) in [6.07, 6.45) is 16.3. The highest BCUT2D eigenvalue weighted by atomic mass is 16.7. The normalized spacial score (nSPS) is 19.9. The molecule has 1 aliphatic rings. The van der Waals surface area contributed by atoms with Crippen molar-refractivity contribution in [2.45, 2.75) is 70.5 Å². The summed E-state index contributed by atoms with van der Waals surface area (Å²) >= 11 is 0. The Balaban J connectivity index is 1.79. The topological polar surface area (TPSA) is 35.5 Å². The van der Waals surface area contributed by atoms with Crippen LogP contribution < -0.4 is 0 Å². The van der Waals surface area contributed by atoms with Gasteiger partial charge in [-0.15, -0.1) is 0 Å². The van der Waals surface area contributed by atoms with E-state index in [1.165, 1.54) is 25.7 Å². The average Bonchev–Trinajstić information content (AvgIpc) is 2.46. The molecule has 3 heteroatoms. The van der Waals surface area contributed by atoms with Gasteiger partial charge in [0.05, 0.1) is 0 Å². The minimum Gasteiger partial charge on any atom is -0.353 e. The predicted octanol–water partition coefficient (Wildman–Crippen LogP) is 4.02. The summed E-state index contributed by atoms with van der Waals surface area (Å²) < 4.78 is 11.2. The average molecular weight is 268 g/mol. The van der Waals surface area contributed by atoms with Crippen molar-refractivity contribution in [3.8, 4) is 0 Å². The number of carbonyl (C=O) groups excluding carboxylic acids is 1. The summed E-state index contributed by atoms with van der Waals surface area (Å²) in [6, 6.07) is 0. The smallest absolute Gasteiger partial charge is 0.157 e. The van der Waals surface area contributed by atoms with Gasteiger partial charge in [0.25, 0.3) is 0 Å². The van der Waals surface area contributed by atoms with Crippen LogP contribution in [0, 0.1) is 0 Å². The molecule has 0 aromatic heterocycles. The fourth-order valence-electron chi connectivity index (χ4n) is 2.15. The molecule has 0 amide bonds. The largest absolute Gasteiger partial charge is 0.353 e. The van der Waals surface area contributed by atoms with Gasteiger partial charge >= 0.3 is 0 Å². The number of allylic oxidation sites excluding steroid dienone is 2. The SMILES string of the molecule is O=CCCC/C=C/CCCCCOC1CCCCO1. The Labute approximate surface area is 117 Å². The molecule has 1 saturated heterocycles. The van der Waals surface area contributed by atoms with Crippen LogP contribution >= 0.6 is 0 Å². The first-order valence-corrected chi connectivity index (χ1v) is 7.75. The van der Waals surface area contributed by atoms with Crippen LogP contribution in [-0.2, 0) is 14.3 Å². The molecule has 0 spiro atoms. The van der Waals surface area contributed by atoms with Gasteiger partial charge in [-0.25, -0.2) is 0 Å². The first kappa shape index (κ1) is 16.4. The number of ether oxygens (including phenoxy) is 2. The second-order valence-electron chi connectivity index (χ2n) is 5.09. The van der Waals surface area contributed by atoms with Gasteiger partial charge in [-0.3, -0.25) is 0 Å². The summed E-state index contributed by atoms with van der Waals surface area (Å²) in [7, 11) is 0. The van der Waals surface area contributed by atoms with Crippen molar-refractivity contribution < 1.29 is 14.3 Å². The number of aldehydes is 1. The van der Waals surface area contributed by atoms with Gasteiger partial charge in [-0.05, 0) is 51.4 Å². The molecule has 3 nitrogen and oxygen atoms in total. The van der Waals surface area contributed by atoms with E-state index in [9.17, 15) is 4.79 Å². The summed E-state index contributed by atoms with van der Waals surface area (Å²) in [5, 5.41) is 0. The molecule has 0 aliphatic carbocycles. The Bertz CT molecular complexity index is 232. The quantitative estimate of drug-likeness (QED) is 0.322. The zero-order valence-corrected chi connectivity index (χ0v) is 12.0. The van der Waals surface area contributed by atoms with Crippen molar-refractivity contribution in [1.29, 1.82) is 0 Å². The van der Waals surface area contributed by atoms with Gasteiger partial charge in [0.1, 0.15) is 6.29 Å². The molecule has 0 bridgehead atoms. The lowest BCUT2D eigenvalue weighted by Gasteiger charge is -2.22. The van der Waals surface area contributed by atoms with Gasteiger partial charge in [-0.1, -0.05) is 18.6 Å². The minimum atomic E-state index is 0.0615. The third-order valence-corrected chi connectivity index (χ3v) is 3.32. The Morgan fingerprint density at radius 3 is 2.58 bits per heavy atom. The molecule has 110 valence electrons. The number of carbonyl (C=O) groups is 1. The van der Waals surface area contributed by atoms with Crippen molar-refractivity contribution >= 4 is 6.29 Å². The van der Waals surface area contributed by atoms with E-state index in [-0.39, 0.29) is 6.29 Å². The van der Waals surface area contributed by atoms with Gasteiger partial charge in [-0.2, -0.15) is 0 Å². The second kappa shape index (κ2) is 12.4. The van der Waals surface area contributed by atoms with E-state index < -0.39 is 0 Å². The first-order valence-electron chi connectivity index (χ1n) is 7.75. The molecule has 19 heavy (non-hydrogen) atoms. The van der Waals surface area contributed by atoms with Gasteiger partial charge in [0.15, 0.2) is 6.29 Å². The number of unbranched alkanes of at least 4 members (excludes halogenated alkanes) is 5. The molecule has 1 heterocycles. The van der Waals surface area contributed by atoms with E-state index in [0.717, 1.165) is 51.6 Å². The van der Waals surface area contributed by atoms with Crippen molar-refractivity contribution in [2.75, 3.05) is 13.2 Å². The van der Waals surface area contributed by atoms with Crippen LogP contribution in [0.1, 0.15) is 64.2 Å². The van der Waals surface area contributed by atoms with E-state index in [1.807, 2.05) is 0 Å². The Morgan fingerprint density at radius 1 is 1.00 bits per heavy atom. The van der Waals surface area contributed by atoms with Gasteiger partial charge in [0.2, 0.25) is 0 Å². The maximum Gasteiger partial charge on any atom is 0.157 e. The fourth-order valence-corrected chi connectivity index (χ4v) is 2.15. The standard InChI is InChI=1S/C16H28O3/c17-13-9-6-4-2-1-3-5-7-10-14-18-16-12-8-11-15-19-16/h1-2,13,16H,3-12,14-15H2/b2-1+. The lowest BCUT2D eigenvalue weighted by atomic mass is 10.1. The highest BCUT2D eigenvalue weighted by molar-refractivity contribution is 5.48. The van der Waals surface area contributed by atoms with Crippen LogP contribution in [0.3, 0.4) is 0 Å². The molecule has 1 unspecified atom stereocenters. The van der Waals surface area contributed by atoms with E-state index in [0.29, 0.717) is 6.42 Å². The highest BCUT2D eigenvalue weighted by Gasteiger charge is 2.12. The highest BCUT2D eigenvalue weighted by Crippen LogP contribution is 2.14. The molecular weight excluding hydrogens is 240 g/mol. The number of rotatable bonds is 11. The van der Waals surface area contributed by atoms with Crippen LogP contribution in [0.4, 0.5) is 0 Å². The third-order valence-electron chi connectivity index (χ3n) is 3.32. The van der Waals surface area contributed by atoms with Gasteiger partial charge < -0.3 is 14.3 Å². The molecule has 0 aromatic carbocycles. The number of hydrogen-bond donors (Lipinski definition) is 0. The summed E-state index contributed by atoms with van der Waals surface area (Å²) in [6.45, 7) is 1.69. The Morgan fingerprint density at radius 2 is 1.84 bits per heavy atom. The zero-order valence-electron chi connectivity index (χ0n) is 12.0. The van der Waals surface area contributed by atoms with E-state index in [1.54, 1.807) is 0 Å². The molecule has 0 aromatic rings. The zero-order chi connectivity index (χ0) is 13.6. The van der Waals surface area contributed by atoms with Crippen molar-refractivity contribution in [2.24, 2.45) is 0 Å². The monoisotopic (exact) mass is 268 g/mol. The van der Waals surface area contributed by atoms with Gasteiger partial charge in [0, 0.05) is 19.6 Å². The van der Waals surface area contributed by atoms with Crippen LogP contribution in [0.25, 0.3) is 0 Å². The Kier molecular flexibility index (Phi) is 10.7. The van der Waals surface area contributed by atoms with E-state index in [4.69, 9.17) is 9.47 Å². The van der Waals surface area contributed by atoms with Crippen molar-refractivity contribution in [3.05, 3.63) is 12.2 Å². The Hall–Kier alpha value is -0.670. The molecule has 1 aliphatic heterocycles.